The van der Waals surface area contributed by atoms with Crippen LogP contribution in [0.15, 0.2) is 12.3 Å². The van der Waals surface area contributed by atoms with Crippen LogP contribution < -0.4 is 0 Å². The van der Waals surface area contributed by atoms with Crippen molar-refractivity contribution in [1.29, 1.82) is 0 Å². The molecule has 7 heteroatoms. The molecule has 2 heterocycles. The van der Waals surface area contributed by atoms with Crippen LogP contribution in [0.25, 0.3) is 0 Å². The smallest absolute Gasteiger partial charge is 0.334 e. The lowest BCUT2D eigenvalue weighted by Crippen LogP contribution is -2.48. The number of aliphatic carboxylic acids is 1. The number of aromatic nitrogens is 1. The molecule has 1 unspecified atom stereocenters. The zero-order valence-electron chi connectivity index (χ0n) is 11.3. The maximum atomic E-state index is 12.4. The molecule has 1 aliphatic heterocycles. The zero-order chi connectivity index (χ0) is 14.9. The minimum atomic E-state index is -1.08. The van der Waals surface area contributed by atoms with Gasteiger partial charge in [-0.05, 0) is 13.0 Å². The van der Waals surface area contributed by atoms with Crippen molar-refractivity contribution in [3.05, 3.63) is 23.5 Å². The summed E-state index contributed by atoms with van der Waals surface area (Å²) in [5.74, 6) is -1.50. The second-order valence-corrected chi connectivity index (χ2v) is 4.73. The molecule has 2 rings (SSSR count). The summed E-state index contributed by atoms with van der Waals surface area (Å²) in [7, 11) is 1.68. The molecule has 0 bridgehead atoms. The van der Waals surface area contributed by atoms with Crippen LogP contribution in [0.5, 0.6) is 0 Å². The molecule has 0 radical (unpaired) electrons. The summed E-state index contributed by atoms with van der Waals surface area (Å²) in [5.41, 5.74) is 0.820. The summed E-state index contributed by atoms with van der Waals surface area (Å²) in [6.45, 7) is 1.96. The molecule has 1 aromatic heterocycles. The summed E-state index contributed by atoms with van der Waals surface area (Å²) < 4.78 is 6.65. The first-order valence-electron chi connectivity index (χ1n) is 6.21. The molecule has 1 amide bonds. The Morgan fingerprint density at radius 3 is 2.65 bits per heavy atom. The number of carbonyl (C=O) groups excluding carboxylic acids is 2. The van der Waals surface area contributed by atoms with Crippen molar-refractivity contribution in [2.75, 3.05) is 19.7 Å². The number of ether oxygens (including phenoxy) is 1. The van der Waals surface area contributed by atoms with Gasteiger partial charge in [0.2, 0.25) is 0 Å². The number of aryl methyl sites for hydroxylation is 1. The zero-order valence-corrected chi connectivity index (χ0v) is 11.3. The highest BCUT2D eigenvalue weighted by Crippen LogP contribution is 2.14. The fourth-order valence-corrected chi connectivity index (χ4v) is 2.11. The lowest BCUT2D eigenvalue weighted by Gasteiger charge is -2.30. The molecule has 1 N–H and O–H groups in total. The normalized spacial score (nSPS) is 18.9. The highest BCUT2D eigenvalue weighted by molar-refractivity contribution is 5.99. The summed E-state index contributed by atoms with van der Waals surface area (Å²) in [6.07, 6.45) is 0.588. The Kier molecular flexibility index (Phi) is 3.89. The van der Waals surface area contributed by atoms with Crippen LogP contribution in [0.1, 0.15) is 27.8 Å². The number of hydrogen-bond donors (Lipinski definition) is 1. The van der Waals surface area contributed by atoms with E-state index in [1.165, 1.54) is 17.9 Å². The van der Waals surface area contributed by atoms with Gasteiger partial charge >= 0.3 is 5.97 Å². The highest BCUT2D eigenvalue weighted by atomic mass is 16.5. The number of hydrogen-bond acceptors (Lipinski definition) is 4. The van der Waals surface area contributed by atoms with Gasteiger partial charge < -0.3 is 19.3 Å². The van der Waals surface area contributed by atoms with E-state index in [4.69, 9.17) is 9.84 Å². The summed E-state index contributed by atoms with van der Waals surface area (Å²) in [4.78, 5) is 36.0. The maximum absolute atomic E-state index is 12.4. The number of Topliss-reactive ketones (excluding diaryl/α,β-unsaturated/α-hetero) is 1. The number of rotatable bonds is 3. The third kappa shape index (κ3) is 2.72. The first-order chi connectivity index (χ1) is 9.40. The minimum Gasteiger partial charge on any atom is -0.479 e. The van der Waals surface area contributed by atoms with Crippen molar-refractivity contribution >= 4 is 17.7 Å². The van der Waals surface area contributed by atoms with Gasteiger partial charge in [-0.15, -0.1) is 0 Å². The molecular formula is C13H16N2O5. The Hall–Kier alpha value is -2.15. The third-order valence-corrected chi connectivity index (χ3v) is 3.26. The summed E-state index contributed by atoms with van der Waals surface area (Å²) in [5, 5.41) is 8.93. The van der Waals surface area contributed by atoms with Crippen molar-refractivity contribution in [3.8, 4) is 0 Å². The number of carboxylic acids is 1. The van der Waals surface area contributed by atoms with Gasteiger partial charge in [-0.25, -0.2) is 4.79 Å². The van der Waals surface area contributed by atoms with E-state index in [-0.39, 0.29) is 24.8 Å². The minimum absolute atomic E-state index is 0.00868. The molecule has 1 aliphatic rings. The number of nitrogens with zero attached hydrogens (tertiary/aromatic N) is 2. The first-order valence-corrected chi connectivity index (χ1v) is 6.21. The van der Waals surface area contributed by atoms with E-state index < -0.39 is 12.1 Å². The van der Waals surface area contributed by atoms with E-state index in [0.29, 0.717) is 17.8 Å². The average molecular weight is 280 g/mol. The molecule has 20 heavy (non-hydrogen) atoms. The van der Waals surface area contributed by atoms with E-state index in [0.717, 1.165) is 0 Å². The Morgan fingerprint density at radius 1 is 1.40 bits per heavy atom. The Morgan fingerprint density at radius 2 is 2.10 bits per heavy atom. The van der Waals surface area contributed by atoms with Gasteiger partial charge in [0, 0.05) is 25.4 Å². The fraction of sp³-hybridized carbons (Fsp3) is 0.462. The van der Waals surface area contributed by atoms with Crippen LogP contribution in [0.2, 0.25) is 0 Å². The van der Waals surface area contributed by atoms with Gasteiger partial charge in [0.1, 0.15) is 5.69 Å². The van der Waals surface area contributed by atoms with Crippen molar-refractivity contribution in [2.45, 2.75) is 13.0 Å². The van der Waals surface area contributed by atoms with Crippen LogP contribution in [0.4, 0.5) is 0 Å². The summed E-state index contributed by atoms with van der Waals surface area (Å²) >= 11 is 0. The van der Waals surface area contributed by atoms with Gasteiger partial charge in [-0.2, -0.15) is 0 Å². The molecular weight excluding hydrogens is 264 g/mol. The highest BCUT2D eigenvalue weighted by Gasteiger charge is 2.30. The van der Waals surface area contributed by atoms with Crippen LogP contribution in [0.3, 0.4) is 0 Å². The topological polar surface area (TPSA) is 88.8 Å². The van der Waals surface area contributed by atoms with Crippen LogP contribution in [-0.2, 0) is 16.6 Å². The molecule has 1 atom stereocenters. The average Bonchev–Trinajstić information content (AvgIpc) is 2.80. The van der Waals surface area contributed by atoms with Crippen molar-refractivity contribution in [3.63, 3.8) is 0 Å². The second-order valence-electron chi connectivity index (χ2n) is 4.73. The lowest BCUT2D eigenvalue weighted by molar-refractivity contribution is -0.154. The SMILES string of the molecule is CC(=O)c1cc(C(=O)N2CCOC(C(=O)O)C2)n(C)c1. The molecule has 0 aliphatic carbocycles. The number of carboxylic acid groups (broad SMARTS) is 1. The van der Waals surface area contributed by atoms with E-state index in [1.54, 1.807) is 17.8 Å². The van der Waals surface area contributed by atoms with E-state index in [9.17, 15) is 14.4 Å². The molecule has 1 aromatic rings. The second kappa shape index (κ2) is 5.46. The largest absolute Gasteiger partial charge is 0.479 e. The van der Waals surface area contributed by atoms with Gasteiger partial charge in [-0.3, -0.25) is 9.59 Å². The lowest BCUT2D eigenvalue weighted by atomic mass is 10.2. The van der Waals surface area contributed by atoms with Crippen molar-refractivity contribution in [2.24, 2.45) is 7.05 Å². The van der Waals surface area contributed by atoms with E-state index in [2.05, 4.69) is 0 Å². The van der Waals surface area contributed by atoms with Gasteiger partial charge in [0.25, 0.3) is 5.91 Å². The van der Waals surface area contributed by atoms with Crippen LogP contribution >= 0.6 is 0 Å². The van der Waals surface area contributed by atoms with Crippen LogP contribution in [0, 0.1) is 0 Å². The standard InChI is InChI=1S/C13H16N2O5/c1-8(16)9-5-10(14(2)6-9)12(17)15-3-4-20-11(7-15)13(18)19/h5-6,11H,3-4,7H2,1-2H3,(H,18,19). The van der Waals surface area contributed by atoms with E-state index >= 15 is 0 Å². The molecule has 108 valence electrons. The molecule has 0 spiro atoms. The number of carbonyl (C=O) groups is 3. The monoisotopic (exact) mass is 280 g/mol. The van der Waals surface area contributed by atoms with Crippen molar-refractivity contribution < 1.29 is 24.2 Å². The van der Waals surface area contributed by atoms with E-state index in [1.807, 2.05) is 0 Å². The molecule has 1 saturated heterocycles. The summed E-state index contributed by atoms with van der Waals surface area (Å²) in [6, 6.07) is 1.52. The molecule has 7 nitrogen and oxygen atoms in total. The van der Waals surface area contributed by atoms with Gasteiger partial charge in [0.05, 0.1) is 13.2 Å². The van der Waals surface area contributed by atoms with Gasteiger partial charge in [0.15, 0.2) is 11.9 Å². The number of ketones is 1. The Balaban J connectivity index is 2.18. The molecule has 1 fully saturated rings. The van der Waals surface area contributed by atoms with Crippen LogP contribution in [-0.4, -0.2) is 58.0 Å². The first kappa shape index (κ1) is 14.3. The molecule has 0 saturated carbocycles. The number of morpholine rings is 1. The number of amides is 1. The van der Waals surface area contributed by atoms with Gasteiger partial charge in [-0.1, -0.05) is 0 Å². The predicted molar refractivity (Wildman–Crippen MR) is 68.7 cm³/mol. The predicted octanol–water partition coefficient (Wildman–Crippen LogP) is 0.153. The van der Waals surface area contributed by atoms with Crippen molar-refractivity contribution in [1.82, 2.24) is 9.47 Å². The Labute approximate surface area is 115 Å². The fourth-order valence-electron chi connectivity index (χ4n) is 2.11. The Bertz CT molecular complexity index is 563. The maximum Gasteiger partial charge on any atom is 0.334 e. The molecule has 0 aromatic carbocycles. The quantitative estimate of drug-likeness (QED) is 0.796. The third-order valence-electron chi connectivity index (χ3n) is 3.26.